The molecule has 0 amide bonds. The molecule has 2 N–H and O–H groups in total. The number of benzene rings is 1. The molecule has 0 fully saturated rings. The summed E-state index contributed by atoms with van der Waals surface area (Å²) in [6.07, 6.45) is 0.109. The first-order chi connectivity index (χ1) is 6.52. The van der Waals surface area contributed by atoms with E-state index in [0.29, 0.717) is 4.99 Å². The Kier molecular flexibility index (Phi) is 3.89. The number of thiocarbonyl (C=S) groups is 1. The third-order valence-electron chi connectivity index (χ3n) is 1.58. The second kappa shape index (κ2) is 4.75. The molecule has 1 rings (SSSR count). The molecule has 0 saturated carbocycles. The Morgan fingerprint density at radius 3 is 2.64 bits per heavy atom. The predicted octanol–water partition coefficient (Wildman–Crippen LogP) is 2.87. The lowest BCUT2D eigenvalue weighted by molar-refractivity contribution is 0.242. The fourth-order valence-corrected chi connectivity index (χ4v) is 2.00. The van der Waals surface area contributed by atoms with E-state index >= 15 is 0 Å². The highest BCUT2D eigenvalue weighted by Gasteiger charge is 2.11. The van der Waals surface area contributed by atoms with Gasteiger partial charge in [-0.3, -0.25) is 0 Å². The maximum Gasteiger partial charge on any atom is 0.131 e. The zero-order valence-electron chi connectivity index (χ0n) is 8.08. The zero-order chi connectivity index (χ0) is 10.7. The highest BCUT2D eigenvalue weighted by molar-refractivity contribution is 9.10. The number of hydrogen-bond donors (Lipinski definition) is 1. The van der Waals surface area contributed by atoms with Crippen molar-refractivity contribution in [2.45, 2.75) is 20.0 Å². The summed E-state index contributed by atoms with van der Waals surface area (Å²) in [6.45, 7) is 3.93. The summed E-state index contributed by atoms with van der Waals surface area (Å²) in [5.41, 5.74) is 6.37. The first-order valence-electron chi connectivity index (χ1n) is 4.27. The van der Waals surface area contributed by atoms with Gasteiger partial charge in [0.1, 0.15) is 10.7 Å². The van der Waals surface area contributed by atoms with E-state index in [1.54, 1.807) is 0 Å². The van der Waals surface area contributed by atoms with Gasteiger partial charge in [0.15, 0.2) is 0 Å². The van der Waals surface area contributed by atoms with E-state index in [1.807, 2.05) is 32.0 Å². The molecule has 0 aromatic heterocycles. The van der Waals surface area contributed by atoms with Gasteiger partial charge in [0.2, 0.25) is 0 Å². The quantitative estimate of drug-likeness (QED) is 0.861. The van der Waals surface area contributed by atoms with Gasteiger partial charge in [-0.25, -0.2) is 0 Å². The first kappa shape index (κ1) is 11.5. The van der Waals surface area contributed by atoms with E-state index in [-0.39, 0.29) is 6.10 Å². The fourth-order valence-electron chi connectivity index (χ4n) is 1.10. The summed E-state index contributed by atoms with van der Waals surface area (Å²) < 4.78 is 6.45. The van der Waals surface area contributed by atoms with Gasteiger partial charge >= 0.3 is 0 Å². The number of nitrogens with two attached hydrogens (primary N) is 1. The molecule has 0 saturated heterocycles. The molecule has 0 radical (unpaired) electrons. The van der Waals surface area contributed by atoms with Gasteiger partial charge in [0.05, 0.1) is 11.7 Å². The molecule has 0 heterocycles. The Morgan fingerprint density at radius 2 is 2.14 bits per heavy atom. The van der Waals surface area contributed by atoms with Crippen molar-refractivity contribution in [3.05, 3.63) is 28.2 Å². The number of hydrogen-bond acceptors (Lipinski definition) is 2. The van der Waals surface area contributed by atoms with Crippen LogP contribution in [-0.2, 0) is 0 Å². The molecule has 76 valence electrons. The van der Waals surface area contributed by atoms with Crippen LogP contribution in [0.1, 0.15) is 19.4 Å². The van der Waals surface area contributed by atoms with Gasteiger partial charge in [0.25, 0.3) is 0 Å². The highest BCUT2D eigenvalue weighted by atomic mass is 79.9. The van der Waals surface area contributed by atoms with E-state index in [0.717, 1.165) is 15.8 Å². The first-order valence-corrected chi connectivity index (χ1v) is 5.47. The number of ether oxygens (including phenoxy) is 1. The van der Waals surface area contributed by atoms with Gasteiger partial charge in [-0.15, -0.1) is 0 Å². The third-order valence-corrected chi connectivity index (χ3v) is 2.45. The molecule has 4 heteroatoms. The minimum atomic E-state index is 0.109. The Balaban J connectivity index is 3.14. The van der Waals surface area contributed by atoms with E-state index in [4.69, 9.17) is 22.7 Å². The van der Waals surface area contributed by atoms with Gasteiger partial charge in [0, 0.05) is 4.47 Å². The van der Waals surface area contributed by atoms with Crippen LogP contribution in [0, 0.1) is 0 Å². The normalized spacial score (nSPS) is 10.3. The lowest BCUT2D eigenvalue weighted by Gasteiger charge is -2.14. The topological polar surface area (TPSA) is 35.2 Å². The van der Waals surface area contributed by atoms with Crippen molar-refractivity contribution in [1.82, 2.24) is 0 Å². The van der Waals surface area contributed by atoms with Crippen LogP contribution in [0.25, 0.3) is 0 Å². The van der Waals surface area contributed by atoms with E-state index in [2.05, 4.69) is 15.9 Å². The van der Waals surface area contributed by atoms with E-state index in [9.17, 15) is 0 Å². The summed E-state index contributed by atoms with van der Waals surface area (Å²) in [5, 5.41) is 0. The van der Waals surface area contributed by atoms with E-state index < -0.39 is 0 Å². The molecule has 0 unspecified atom stereocenters. The van der Waals surface area contributed by atoms with Crippen molar-refractivity contribution < 1.29 is 4.74 Å². The smallest absolute Gasteiger partial charge is 0.131 e. The van der Waals surface area contributed by atoms with Gasteiger partial charge in [-0.2, -0.15) is 0 Å². The van der Waals surface area contributed by atoms with Crippen LogP contribution in [0.4, 0.5) is 0 Å². The summed E-state index contributed by atoms with van der Waals surface area (Å²) in [4.78, 5) is 0.341. The molecule has 0 aliphatic carbocycles. The molecule has 0 aliphatic rings. The van der Waals surface area contributed by atoms with Gasteiger partial charge < -0.3 is 10.5 Å². The molecular formula is C10H12BrNOS. The van der Waals surface area contributed by atoms with Gasteiger partial charge in [-0.1, -0.05) is 18.3 Å². The van der Waals surface area contributed by atoms with Crippen LogP contribution in [0.15, 0.2) is 22.7 Å². The van der Waals surface area contributed by atoms with Crippen molar-refractivity contribution in [3.8, 4) is 5.75 Å². The van der Waals surface area contributed by atoms with Crippen LogP contribution in [0.5, 0.6) is 5.75 Å². The monoisotopic (exact) mass is 273 g/mol. The molecule has 0 bridgehead atoms. The Morgan fingerprint density at radius 1 is 1.50 bits per heavy atom. The van der Waals surface area contributed by atoms with Crippen molar-refractivity contribution in [1.29, 1.82) is 0 Å². The lowest BCUT2D eigenvalue weighted by atomic mass is 10.2. The summed E-state index contributed by atoms with van der Waals surface area (Å²) >= 11 is 8.35. The van der Waals surface area contributed by atoms with Crippen molar-refractivity contribution in [2.24, 2.45) is 5.73 Å². The minimum Gasteiger partial charge on any atom is -0.490 e. The standard InChI is InChI=1S/C10H12BrNOS/c1-6(2)13-8-5-3-4-7(11)9(8)10(12)14/h3-6H,1-2H3,(H2,12,14). The predicted molar refractivity (Wildman–Crippen MR) is 65.8 cm³/mol. The van der Waals surface area contributed by atoms with Crippen molar-refractivity contribution in [2.75, 3.05) is 0 Å². The Bertz CT molecular complexity index is 352. The third kappa shape index (κ3) is 2.69. The lowest BCUT2D eigenvalue weighted by Crippen LogP contribution is -2.15. The number of halogens is 1. The fraction of sp³-hybridized carbons (Fsp3) is 0.300. The van der Waals surface area contributed by atoms with Crippen LogP contribution >= 0.6 is 28.1 Å². The highest BCUT2D eigenvalue weighted by Crippen LogP contribution is 2.27. The SMILES string of the molecule is CC(C)Oc1cccc(Br)c1C(N)=S. The molecular weight excluding hydrogens is 262 g/mol. The molecule has 0 spiro atoms. The maximum atomic E-state index is 5.61. The summed E-state index contributed by atoms with van der Waals surface area (Å²) in [5.74, 6) is 0.724. The molecule has 2 nitrogen and oxygen atoms in total. The molecule has 14 heavy (non-hydrogen) atoms. The average molecular weight is 274 g/mol. The van der Waals surface area contributed by atoms with Crippen LogP contribution in [0.2, 0.25) is 0 Å². The molecule has 1 aromatic carbocycles. The average Bonchev–Trinajstić information content (AvgIpc) is 2.01. The molecule has 0 atom stereocenters. The summed E-state index contributed by atoms with van der Waals surface area (Å²) in [7, 11) is 0. The second-order valence-electron chi connectivity index (χ2n) is 3.14. The zero-order valence-corrected chi connectivity index (χ0v) is 10.5. The summed E-state index contributed by atoms with van der Waals surface area (Å²) in [6, 6.07) is 5.64. The van der Waals surface area contributed by atoms with Crippen LogP contribution < -0.4 is 10.5 Å². The molecule has 1 aromatic rings. The second-order valence-corrected chi connectivity index (χ2v) is 4.44. The maximum absolute atomic E-state index is 5.61. The largest absolute Gasteiger partial charge is 0.490 e. The molecule has 0 aliphatic heterocycles. The van der Waals surface area contributed by atoms with E-state index in [1.165, 1.54) is 0 Å². The van der Waals surface area contributed by atoms with Crippen molar-refractivity contribution in [3.63, 3.8) is 0 Å². The van der Waals surface area contributed by atoms with Gasteiger partial charge in [-0.05, 0) is 41.9 Å². The number of rotatable bonds is 3. The van der Waals surface area contributed by atoms with Crippen molar-refractivity contribution >= 4 is 33.1 Å². The van der Waals surface area contributed by atoms with Crippen LogP contribution in [0.3, 0.4) is 0 Å². The Labute approximate surface area is 97.6 Å². The van der Waals surface area contributed by atoms with Crippen LogP contribution in [-0.4, -0.2) is 11.1 Å². The Hall–Kier alpha value is -0.610. The minimum absolute atomic E-state index is 0.109.